The molecule has 0 aliphatic heterocycles. The first-order valence-electron chi connectivity index (χ1n) is 8.80. The van der Waals surface area contributed by atoms with E-state index in [2.05, 4.69) is 79.1 Å². The van der Waals surface area contributed by atoms with Crippen molar-refractivity contribution in [1.82, 2.24) is 0 Å². The Labute approximate surface area is 157 Å². The van der Waals surface area contributed by atoms with E-state index in [4.69, 9.17) is 4.99 Å². The van der Waals surface area contributed by atoms with Gasteiger partial charge in [-0.2, -0.15) is 0 Å². The van der Waals surface area contributed by atoms with E-state index in [0.29, 0.717) is 11.8 Å². The average molecular weight is 367 g/mol. The zero-order valence-corrected chi connectivity index (χ0v) is 18.4. The van der Waals surface area contributed by atoms with Gasteiger partial charge in [0.1, 0.15) is 0 Å². The predicted molar refractivity (Wildman–Crippen MR) is 115 cm³/mol. The third-order valence-electron chi connectivity index (χ3n) is 3.59. The Bertz CT molecular complexity index is 540. The summed E-state index contributed by atoms with van der Waals surface area (Å²) in [6, 6.07) is 4.70. The number of aliphatic imine (C=N–C) groups is 1. The van der Waals surface area contributed by atoms with Crippen LogP contribution in [0.3, 0.4) is 0 Å². The van der Waals surface area contributed by atoms with Crippen molar-refractivity contribution in [3.8, 4) is 0 Å². The topological polar surface area (TPSA) is 24.4 Å². The molecule has 0 atom stereocenters. The lowest BCUT2D eigenvalue weighted by Gasteiger charge is -2.24. The second kappa shape index (κ2) is 9.19. The van der Waals surface area contributed by atoms with Crippen molar-refractivity contribution in [3.63, 3.8) is 0 Å². The number of anilines is 1. The fraction of sp³-hybridized carbons (Fsp3) is 0.650. The van der Waals surface area contributed by atoms with Gasteiger partial charge in [-0.05, 0) is 67.9 Å². The molecule has 136 valence electrons. The predicted octanol–water partition coefficient (Wildman–Crippen LogP) is 6.97. The fourth-order valence-electron chi connectivity index (χ4n) is 2.50. The molecule has 2 nitrogen and oxygen atoms in total. The molecule has 0 spiro atoms. The molecule has 0 radical (unpaired) electrons. The van der Waals surface area contributed by atoms with Crippen LogP contribution in [0.5, 0.6) is 0 Å². The van der Waals surface area contributed by atoms with Crippen molar-refractivity contribution in [2.24, 2.45) is 4.99 Å². The fourth-order valence-corrected chi connectivity index (χ4v) is 3.82. The molecule has 1 rings (SSSR count). The highest BCUT2D eigenvalue weighted by atomic mass is 32.2. The van der Waals surface area contributed by atoms with Gasteiger partial charge < -0.3 is 5.32 Å². The molecule has 0 amide bonds. The van der Waals surface area contributed by atoms with Crippen LogP contribution >= 0.6 is 23.5 Å². The highest BCUT2D eigenvalue weighted by Gasteiger charge is 2.18. The van der Waals surface area contributed by atoms with Gasteiger partial charge in [0.05, 0.1) is 5.54 Å². The monoisotopic (exact) mass is 366 g/mol. The smallest absolute Gasteiger partial charge is 0.161 e. The van der Waals surface area contributed by atoms with Crippen molar-refractivity contribution in [3.05, 3.63) is 23.3 Å². The Hall–Kier alpha value is -0.610. The lowest BCUT2D eigenvalue weighted by Crippen LogP contribution is -2.19. The van der Waals surface area contributed by atoms with Gasteiger partial charge in [-0.1, -0.05) is 46.4 Å². The van der Waals surface area contributed by atoms with Crippen LogP contribution in [0.15, 0.2) is 22.0 Å². The maximum atomic E-state index is 4.85. The zero-order chi connectivity index (χ0) is 18.5. The second-order valence-electron chi connectivity index (χ2n) is 7.64. The van der Waals surface area contributed by atoms with E-state index >= 15 is 0 Å². The van der Waals surface area contributed by atoms with Crippen LogP contribution in [0.4, 0.5) is 5.69 Å². The van der Waals surface area contributed by atoms with Gasteiger partial charge in [-0.15, -0.1) is 11.8 Å². The van der Waals surface area contributed by atoms with Crippen LogP contribution < -0.4 is 5.32 Å². The lowest BCUT2D eigenvalue weighted by atomic mass is 9.92. The van der Waals surface area contributed by atoms with E-state index in [1.54, 1.807) is 11.8 Å². The lowest BCUT2D eigenvalue weighted by molar-refractivity contribution is 0.585. The molecule has 1 aromatic rings. The maximum absolute atomic E-state index is 4.85. The number of benzene rings is 1. The summed E-state index contributed by atoms with van der Waals surface area (Å²) in [4.78, 5) is 6.21. The average Bonchev–Trinajstić information content (AvgIpc) is 2.45. The van der Waals surface area contributed by atoms with Crippen molar-refractivity contribution in [1.29, 1.82) is 0 Å². The van der Waals surface area contributed by atoms with E-state index in [0.717, 1.165) is 10.9 Å². The second-order valence-corrected chi connectivity index (χ2v) is 9.77. The Kier molecular flexibility index (Phi) is 8.21. The van der Waals surface area contributed by atoms with E-state index in [-0.39, 0.29) is 5.54 Å². The first-order valence-corrected chi connectivity index (χ1v) is 11.0. The number of nitrogens with one attached hydrogen (secondary N) is 1. The molecule has 4 heteroatoms. The van der Waals surface area contributed by atoms with Crippen molar-refractivity contribution in [2.45, 2.75) is 77.7 Å². The number of thioether (sulfide) groups is 2. The highest BCUT2D eigenvalue weighted by Crippen LogP contribution is 2.37. The molecule has 1 N–H and O–H groups in total. The standard InChI is InChI=1S/C20H34N2S2/c1-10-24-15-11-16(13(2)3)18(17(12-15)14(4)5)21-19(23-9)22-20(6,7)8/h11-14H,10H2,1-9H3,(H,21,22). The maximum Gasteiger partial charge on any atom is 0.161 e. The quantitative estimate of drug-likeness (QED) is 0.346. The summed E-state index contributed by atoms with van der Waals surface area (Å²) < 4.78 is 0. The summed E-state index contributed by atoms with van der Waals surface area (Å²) in [5.41, 5.74) is 3.93. The number of rotatable bonds is 5. The minimum absolute atomic E-state index is 0.0840. The first-order chi connectivity index (χ1) is 11.1. The summed E-state index contributed by atoms with van der Waals surface area (Å²) in [5.74, 6) is 2.05. The summed E-state index contributed by atoms with van der Waals surface area (Å²) in [6.45, 7) is 17.7. The normalized spacial score (nSPS) is 13.0. The molecule has 0 aromatic heterocycles. The molecule has 0 heterocycles. The molecule has 0 saturated carbocycles. The summed E-state index contributed by atoms with van der Waals surface area (Å²) in [6.07, 6.45) is 2.09. The number of hydrogen-bond donors (Lipinski definition) is 1. The third-order valence-corrected chi connectivity index (χ3v) is 5.03. The Morgan fingerprint density at radius 1 is 1.08 bits per heavy atom. The molecule has 0 aliphatic carbocycles. The molecule has 0 unspecified atom stereocenters. The van der Waals surface area contributed by atoms with Gasteiger partial charge in [0.25, 0.3) is 0 Å². The van der Waals surface area contributed by atoms with Crippen molar-refractivity contribution in [2.75, 3.05) is 17.3 Å². The van der Waals surface area contributed by atoms with Gasteiger partial charge >= 0.3 is 0 Å². The summed E-state index contributed by atoms with van der Waals surface area (Å²) in [5, 5.41) is 4.65. The summed E-state index contributed by atoms with van der Waals surface area (Å²) >= 11 is 3.60. The van der Waals surface area contributed by atoms with Gasteiger partial charge in [-0.3, -0.25) is 4.99 Å². The van der Waals surface area contributed by atoms with Crippen molar-refractivity contribution < 1.29 is 0 Å². The van der Waals surface area contributed by atoms with Crippen LogP contribution in [-0.2, 0) is 0 Å². The molecular weight excluding hydrogens is 332 g/mol. The molecule has 0 saturated heterocycles. The Morgan fingerprint density at radius 2 is 1.58 bits per heavy atom. The molecule has 0 bridgehead atoms. The number of hydrogen-bond acceptors (Lipinski definition) is 3. The zero-order valence-electron chi connectivity index (χ0n) is 16.8. The first kappa shape index (κ1) is 21.4. The van der Waals surface area contributed by atoms with E-state index in [9.17, 15) is 0 Å². The van der Waals surface area contributed by atoms with Crippen molar-refractivity contribution >= 4 is 34.4 Å². The van der Waals surface area contributed by atoms with E-state index in [1.807, 2.05) is 11.8 Å². The largest absolute Gasteiger partial charge is 0.335 e. The van der Waals surface area contributed by atoms with Gasteiger partial charge in [0.15, 0.2) is 5.17 Å². The van der Waals surface area contributed by atoms with Gasteiger partial charge in [0.2, 0.25) is 0 Å². The van der Waals surface area contributed by atoms with Crippen LogP contribution in [0.25, 0.3) is 0 Å². The van der Waals surface area contributed by atoms with Crippen LogP contribution in [0, 0.1) is 0 Å². The van der Waals surface area contributed by atoms with E-state index < -0.39 is 0 Å². The summed E-state index contributed by atoms with van der Waals surface area (Å²) in [7, 11) is 0. The van der Waals surface area contributed by atoms with Crippen LogP contribution in [0.2, 0.25) is 0 Å². The van der Waals surface area contributed by atoms with Gasteiger partial charge in [0, 0.05) is 10.6 Å². The molecule has 0 fully saturated rings. The van der Waals surface area contributed by atoms with E-state index in [1.165, 1.54) is 21.7 Å². The Balaban J connectivity index is 3.45. The third kappa shape index (κ3) is 6.36. The Morgan fingerprint density at radius 3 is 1.92 bits per heavy atom. The molecular formula is C20H34N2S2. The highest BCUT2D eigenvalue weighted by molar-refractivity contribution is 8.13. The minimum Gasteiger partial charge on any atom is -0.335 e. The minimum atomic E-state index is -0.0840. The number of amidine groups is 1. The SMILES string of the molecule is CCSc1cc(C(C)C)c(NC(=NC(C)(C)C)SC)c(C(C)C)c1. The van der Waals surface area contributed by atoms with Gasteiger partial charge in [-0.25, -0.2) is 0 Å². The number of nitrogens with zero attached hydrogens (tertiary/aromatic N) is 1. The van der Waals surface area contributed by atoms with Crippen LogP contribution in [0.1, 0.15) is 78.4 Å². The van der Waals surface area contributed by atoms with Crippen LogP contribution in [-0.4, -0.2) is 22.7 Å². The molecule has 24 heavy (non-hydrogen) atoms. The molecule has 1 aromatic carbocycles. The molecule has 0 aliphatic rings.